The van der Waals surface area contributed by atoms with Gasteiger partial charge >= 0.3 is 0 Å². The maximum atomic E-state index is 12.4. The molecule has 0 spiro atoms. The molecule has 30 heavy (non-hydrogen) atoms. The second-order valence-electron chi connectivity index (χ2n) is 7.13. The van der Waals surface area contributed by atoms with Crippen molar-refractivity contribution in [3.63, 3.8) is 0 Å². The van der Waals surface area contributed by atoms with Crippen LogP contribution >= 0.6 is 24.8 Å². The molecular formula is C22H30Cl2N4O2. The van der Waals surface area contributed by atoms with E-state index in [2.05, 4.69) is 22.3 Å². The van der Waals surface area contributed by atoms with E-state index < -0.39 is 6.04 Å². The monoisotopic (exact) mass is 452 g/mol. The van der Waals surface area contributed by atoms with E-state index in [0.717, 1.165) is 24.2 Å². The van der Waals surface area contributed by atoms with Crippen LogP contribution in [0.15, 0.2) is 54.6 Å². The molecule has 0 saturated carbocycles. The maximum absolute atomic E-state index is 12.4. The molecule has 2 amide bonds. The Morgan fingerprint density at radius 2 is 1.57 bits per heavy atom. The Hall–Kier alpha value is -2.28. The van der Waals surface area contributed by atoms with Crippen LogP contribution in [0, 0.1) is 6.92 Å². The molecule has 6 nitrogen and oxygen atoms in total. The summed E-state index contributed by atoms with van der Waals surface area (Å²) in [6.07, 6.45) is 0.289. The molecule has 0 aromatic heterocycles. The van der Waals surface area contributed by atoms with Gasteiger partial charge in [0.15, 0.2) is 0 Å². The molecule has 1 unspecified atom stereocenters. The van der Waals surface area contributed by atoms with Crippen molar-refractivity contribution in [3.05, 3.63) is 65.7 Å². The van der Waals surface area contributed by atoms with Gasteiger partial charge in [0.2, 0.25) is 11.8 Å². The van der Waals surface area contributed by atoms with Crippen LogP contribution in [0.4, 0.5) is 5.69 Å². The van der Waals surface area contributed by atoms with Crippen LogP contribution in [-0.4, -0.2) is 49.4 Å². The molecule has 1 saturated heterocycles. The predicted molar refractivity (Wildman–Crippen MR) is 125 cm³/mol. The number of carbonyl (C=O) groups is 2. The van der Waals surface area contributed by atoms with E-state index in [0.29, 0.717) is 19.6 Å². The highest BCUT2D eigenvalue weighted by Crippen LogP contribution is 2.16. The van der Waals surface area contributed by atoms with Crippen molar-refractivity contribution in [2.24, 2.45) is 5.73 Å². The number of rotatable bonds is 6. The van der Waals surface area contributed by atoms with E-state index in [4.69, 9.17) is 5.73 Å². The number of anilines is 1. The molecule has 164 valence electrons. The highest BCUT2D eigenvalue weighted by Gasteiger charge is 2.21. The highest BCUT2D eigenvalue weighted by molar-refractivity contribution is 5.85. The fraction of sp³-hybridized carbons (Fsp3) is 0.364. The van der Waals surface area contributed by atoms with E-state index in [1.165, 1.54) is 5.69 Å². The van der Waals surface area contributed by atoms with Gasteiger partial charge in [-0.15, -0.1) is 24.8 Å². The van der Waals surface area contributed by atoms with Crippen LogP contribution in [0.2, 0.25) is 0 Å². The number of hydrogen-bond acceptors (Lipinski definition) is 4. The van der Waals surface area contributed by atoms with Crippen molar-refractivity contribution >= 4 is 42.3 Å². The Morgan fingerprint density at radius 3 is 2.17 bits per heavy atom. The zero-order valence-corrected chi connectivity index (χ0v) is 18.8. The average Bonchev–Trinajstić information content (AvgIpc) is 2.74. The minimum atomic E-state index is -0.717. The Kier molecular flexibility index (Phi) is 10.7. The summed E-state index contributed by atoms with van der Waals surface area (Å²) in [5, 5.41) is 2.78. The summed E-state index contributed by atoms with van der Waals surface area (Å²) in [6, 6.07) is 17.1. The molecular weight excluding hydrogens is 423 g/mol. The lowest BCUT2D eigenvalue weighted by atomic mass is 10.1. The molecule has 0 bridgehead atoms. The van der Waals surface area contributed by atoms with Crippen molar-refractivity contribution in [3.8, 4) is 0 Å². The third-order valence-electron chi connectivity index (χ3n) is 5.11. The summed E-state index contributed by atoms with van der Waals surface area (Å²) in [7, 11) is 0. The lowest BCUT2D eigenvalue weighted by molar-refractivity contribution is -0.131. The van der Waals surface area contributed by atoms with Gasteiger partial charge in [0.1, 0.15) is 6.04 Å². The van der Waals surface area contributed by atoms with Gasteiger partial charge in [-0.3, -0.25) is 9.59 Å². The molecule has 2 aromatic carbocycles. The number of amides is 2. The fourth-order valence-corrected chi connectivity index (χ4v) is 3.34. The Bertz CT molecular complexity index is 795. The topological polar surface area (TPSA) is 78.7 Å². The SMILES string of the molecule is Cc1ccc(C(N)C(=O)NCCC(=O)N2CCN(c3ccccc3)CC2)cc1.Cl.Cl. The molecule has 0 aliphatic carbocycles. The number of nitrogens with zero attached hydrogens (tertiary/aromatic N) is 2. The lowest BCUT2D eigenvalue weighted by Crippen LogP contribution is -2.49. The number of aryl methyl sites for hydroxylation is 1. The third-order valence-corrected chi connectivity index (χ3v) is 5.11. The summed E-state index contributed by atoms with van der Waals surface area (Å²) in [5.74, 6) is -0.192. The fourth-order valence-electron chi connectivity index (χ4n) is 3.34. The van der Waals surface area contributed by atoms with Crippen LogP contribution in [-0.2, 0) is 9.59 Å². The first-order valence-electron chi connectivity index (χ1n) is 9.72. The number of piperazine rings is 1. The molecule has 2 aromatic rings. The second-order valence-corrected chi connectivity index (χ2v) is 7.13. The van der Waals surface area contributed by atoms with Crippen LogP contribution < -0.4 is 16.0 Å². The molecule has 1 atom stereocenters. The zero-order valence-electron chi connectivity index (χ0n) is 17.1. The summed E-state index contributed by atoms with van der Waals surface area (Å²) >= 11 is 0. The highest BCUT2D eigenvalue weighted by atomic mass is 35.5. The van der Waals surface area contributed by atoms with E-state index in [-0.39, 0.29) is 43.0 Å². The smallest absolute Gasteiger partial charge is 0.241 e. The van der Waals surface area contributed by atoms with Crippen molar-refractivity contribution in [1.29, 1.82) is 0 Å². The minimum Gasteiger partial charge on any atom is -0.368 e. The molecule has 1 fully saturated rings. The van der Waals surface area contributed by atoms with Gasteiger partial charge in [-0.25, -0.2) is 0 Å². The second kappa shape index (κ2) is 12.4. The molecule has 3 rings (SSSR count). The van der Waals surface area contributed by atoms with Gasteiger partial charge < -0.3 is 20.9 Å². The number of nitrogens with one attached hydrogen (secondary N) is 1. The standard InChI is InChI=1S/C22H28N4O2.2ClH/c1-17-7-9-18(10-8-17)21(23)22(28)24-12-11-20(27)26-15-13-25(14-16-26)19-5-3-2-4-6-19;;/h2-10,21H,11-16,23H2,1H3,(H,24,28);2*1H. The van der Waals surface area contributed by atoms with Gasteiger partial charge in [-0.2, -0.15) is 0 Å². The van der Waals surface area contributed by atoms with Crippen molar-refractivity contribution < 1.29 is 9.59 Å². The molecule has 8 heteroatoms. The quantitative estimate of drug-likeness (QED) is 0.705. The Balaban J connectivity index is 0.00000225. The molecule has 1 heterocycles. The first kappa shape index (κ1) is 25.8. The Morgan fingerprint density at radius 1 is 0.967 bits per heavy atom. The van der Waals surface area contributed by atoms with E-state index in [1.54, 1.807) is 0 Å². The van der Waals surface area contributed by atoms with E-state index in [1.807, 2.05) is 54.3 Å². The molecule has 1 aliphatic heterocycles. The molecule has 0 radical (unpaired) electrons. The number of hydrogen-bond donors (Lipinski definition) is 2. The number of halogens is 2. The van der Waals surface area contributed by atoms with Crippen molar-refractivity contribution in [2.75, 3.05) is 37.6 Å². The lowest BCUT2D eigenvalue weighted by Gasteiger charge is -2.36. The zero-order chi connectivity index (χ0) is 19.9. The van der Waals surface area contributed by atoms with Crippen LogP contribution in [0.25, 0.3) is 0 Å². The van der Waals surface area contributed by atoms with Crippen LogP contribution in [0.3, 0.4) is 0 Å². The predicted octanol–water partition coefficient (Wildman–Crippen LogP) is 2.69. The number of nitrogens with two attached hydrogens (primary N) is 1. The van der Waals surface area contributed by atoms with Gasteiger partial charge in [0.25, 0.3) is 0 Å². The van der Waals surface area contributed by atoms with Crippen molar-refractivity contribution in [1.82, 2.24) is 10.2 Å². The van der Waals surface area contributed by atoms with Gasteiger partial charge in [0, 0.05) is 44.8 Å². The first-order valence-corrected chi connectivity index (χ1v) is 9.72. The first-order chi connectivity index (χ1) is 13.5. The minimum absolute atomic E-state index is 0. The average molecular weight is 453 g/mol. The number of benzene rings is 2. The number of para-hydroxylation sites is 1. The van der Waals surface area contributed by atoms with Gasteiger partial charge in [0.05, 0.1) is 0 Å². The third kappa shape index (κ3) is 6.90. The summed E-state index contributed by atoms with van der Waals surface area (Å²) in [5.41, 5.74) is 9.08. The van der Waals surface area contributed by atoms with Gasteiger partial charge in [-0.1, -0.05) is 48.0 Å². The summed E-state index contributed by atoms with van der Waals surface area (Å²) in [4.78, 5) is 28.8. The molecule has 3 N–H and O–H groups in total. The molecule has 1 aliphatic rings. The largest absolute Gasteiger partial charge is 0.368 e. The van der Waals surface area contributed by atoms with Crippen LogP contribution in [0.5, 0.6) is 0 Å². The normalized spacial score (nSPS) is 14.2. The number of carbonyl (C=O) groups excluding carboxylic acids is 2. The van der Waals surface area contributed by atoms with Crippen LogP contribution in [0.1, 0.15) is 23.6 Å². The van der Waals surface area contributed by atoms with E-state index >= 15 is 0 Å². The van der Waals surface area contributed by atoms with Crippen molar-refractivity contribution in [2.45, 2.75) is 19.4 Å². The Labute approximate surface area is 190 Å². The van der Waals surface area contributed by atoms with E-state index in [9.17, 15) is 9.59 Å². The van der Waals surface area contributed by atoms with Gasteiger partial charge in [-0.05, 0) is 24.6 Å². The summed E-state index contributed by atoms with van der Waals surface area (Å²) in [6.45, 7) is 5.33. The summed E-state index contributed by atoms with van der Waals surface area (Å²) < 4.78 is 0. The maximum Gasteiger partial charge on any atom is 0.241 e.